The van der Waals surface area contributed by atoms with Gasteiger partial charge in [-0.2, -0.15) is 15.5 Å². The molecule has 0 aliphatic carbocycles. The molecule has 0 saturated heterocycles. The highest BCUT2D eigenvalue weighted by Crippen LogP contribution is 2.32. The molecule has 0 spiro atoms. The van der Waals surface area contributed by atoms with Crippen molar-refractivity contribution in [1.29, 1.82) is 5.26 Å². The number of rotatable bonds is 6. The predicted molar refractivity (Wildman–Crippen MR) is 139 cm³/mol. The third kappa shape index (κ3) is 4.10. The van der Waals surface area contributed by atoms with E-state index in [-0.39, 0.29) is 12.2 Å². The lowest BCUT2D eigenvalue weighted by atomic mass is 10.1. The van der Waals surface area contributed by atoms with Crippen molar-refractivity contribution in [1.82, 2.24) is 34.5 Å². The Morgan fingerprint density at radius 3 is 2.63 bits per heavy atom. The Hall–Kier alpha value is -5.50. The van der Waals surface area contributed by atoms with E-state index in [4.69, 9.17) is 15.1 Å². The lowest BCUT2D eigenvalue weighted by Crippen LogP contribution is -2.13. The van der Waals surface area contributed by atoms with Crippen LogP contribution in [0.1, 0.15) is 11.1 Å². The number of carbonyl (C=O) groups excluding carboxylic acids is 1. The summed E-state index contributed by atoms with van der Waals surface area (Å²) in [6, 6.07) is 18.9. The Morgan fingerprint density at radius 2 is 1.84 bits per heavy atom. The Labute approximate surface area is 214 Å². The number of nitrogens with one attached hydrogen (secondary N) is 2. The average molecular weight is 505 g/mol. The molecular formula is C27H20N8O3. The number of methoxy groups -OCH3 is 1. The standard InChI is InChI=1S/C27H20N8O3/c1-38-24(36)15-35-26-20(25(33-35)18-6-7-21-22(11-18)32-27(37)31-21)10-19(13-29-26)23-8-9-30-34(23)14-17-4-2-16(12-28)3-5-17/h2-11,13H,14-15H2,1H3,(H2,31,32,37). The summed E-state index contributed by atoms with van der Waals surface area (Å²) in [5.74, 6) is -0.447. The summed E-state index contributed by atoms with van der Waals surface area (Å²) in [6.45, 7) is 0.414. The highest BCUT2D eigenvalue weighted by atomic mass is 16.5. The smallest absolute Gasteiger partial charge is 0.327 e. The van der Waals surface area contributed by atoms with Crippen LogP contribution in [0.3, 0.4) is 0 Å². The number of ether oxygens (including phenoxy) is 1. The number of aromatic nitrogens is 7. The number of imidazole rings is 1. The van der Waals surface area contributed by atoms with Crippen LogP contribution >= 0.6 is 0 Å². The summed E-state index contributed by atoms with van der Waals surface area (Å²) < 4.78 is 8.22. The summed E-state index contributed by atoms with van der Waals surface area (Å²) in [4.78, 5) is 34.0. The first-order valence-corrected chi connectivity index (χ1v) is 11.7. The fourth-order valence-corrected chi connectivity index (χ4v) is 4.45. The zero-order chi connectivity index (χ0) is 26.2. The van der Waals surface area contributed by atoms with Gasteiger partial charge in [0.1, 0.15) is 12.2 Å². The van der Waals surface area contributed by atoms with Crippen molar-refractivity contribution in [2.75, 3.05) is 7.11 Å². The van der Waals surface area contributed by atoms with Gasteiger partial charge in [0, 0.05) is 28.9 Å². The zero-order valence-corrected chi connectivity index (χ0v) is 20.2. The van der Waals surface area contributed by atoms with Crippen LogP contribution in [0.25, 0.3) is 44.6 Å². The molecule has 0 radical (unpaired) electrons. The number of carbonyl (C=O) groups is 1. The van der Waals surface area contributed by atoms with Gasteiger partial charge in [-0.3, -0.25) is 9.48 Å². The molecule has 0 aliphatic rings. The SMILES string of the molecule is COC(=O)Cn1nc(-c2ccc3[nH]c(=O)[nH]c3c2)c2cc(-c3ccnn3Cc3ccc(C#N)cc3)cnc21. The Bertz CT molecular complexity index is 1920. The van der Waals surface area contributed by atoms with Crippen molar-refractivity contribution < 1.29 is 9.53 Å². The molecule has 6 aromatic rings. The van der Waals surface area contributed by atoms with Crippen LogP contribution in [0, 0.1) is 11.3 Å². The second-order valence-corrected chi connectivity index (χ2v) is 8.70. The minimum absolute atomic E-state index is 0.0980. The molecule has 0 amide bonds. The van der Waals surface area contributed by atoms with E-state index in [1.54, 1.807) is 30.6 Å². The highest BCUT2D eigenvalue weighted by Gasteiger charge is 2.19. The summed E-state index contributed by atoms with van der Waals surface area (Å²) in [6.07, 6.45) is 3.45. The molecule has 4 aromatic heterocycles. The number of H-pyrrole nitrogens is 2. The van der Waals surface area contributed by atoms with E-state index in [1.165, 1.54) is 11.8 Å². The van der Waals surface area contributed by atoms with Gasteiger partial charge in [0.05, 0.1) is 42.0 Å². The molecular weight excluding hydrogens is 484 g/mol. The minimum Gasteiger partial charge on any atom is -0.468 e. The number of nitriles is 1. The van der Waals surface area contributed by atoms with Gasteiger partial charge < -0.3 is 14.7 Å². The van der Waals surface area contributed by atoms with Gasteiger partial charge in [-0.25, -0.2) is 14.5 Å². The van der Waals surface area contributed by atoms with Crippen LogP contribution in [0.5, 0.6) is 0 Å². The quantitative estimate of drug-likeness (QED) is 0.331. The van der Waals surface area contributed by atoms with Gasteiger partial charge in [0.25, 0.3) is 0 Å². The fraction of sp³-hybridized carbons (Fsp3) is 0.111. The van der Waals surface area contributed by atoms with Crippen LogP contribution < -0.4 is 5.69 Å². The van der Waals surface area contributed by atoms with Crippen molar-refractivity contribution in [3.63, 3.8) is 0 Å². The van der Waals surface area contributed by atoms with Crippen LogP contribution in [-0.2, 0) is 22.6 Å². The maximum Gasteiger partial charge on any atom is 0.327 e. The maximum atomic E-state index is 12.1. The van der Waals surface area contributed by atoms with E-state index >= 15 is 0 Å². The van der Waals surface area contributed by atoms with Gasteiger partial charge in [-0.05, 0) is 42.0 Å². The van der Waals surface area contributed by atoms with Crippen LogP contribution in [0.2, 0.25) is 0 Å². The van der Waals surface area contributed by atoms with Crippen LogP contribution in [0.4, 0.5) is 0 Å². The van der Waals surface area contributed by atoms with Crippen molar-refractivity contribution in [3.05, 3.63) is 88.6 Å². The highest BCUT2D eigenvalue weighted by molar-refractivity contribution is 5.96. The first kappa shape index (κ1) is 22.9. The Kier molecular flexibility index (Phi) is 5.54. The summed E-state index contributed by atoms with van der Waals surface area (Å²) in [7, 11) is 1.33. The molecule has 0 aliphatic heterocycles. The van der Waals surface area contributed by atoms with Crippen molar-refractivity contribution in [2.45, 2.75) is 13.1 Å². The van der Waals surface area contributed by atoms with Crippen LogP contribution in [-0.4, -0.2) is 47.6 Å². The monoisotopic (exact) mass is 504 g/mol. The second kappa shape index (κ2) is 9.18. The van der Waals surface area contributed by atoms with Gasteiger partial charge in [0.2, 0.25) is 0 Å². The van der Waals surface area contributed by atoms with Gasteiger partial charge in [-0.15, -0.1) is 0 Å². The first-order valence-electron chi connectivity index (χ1n) is 11.7. The van der Waals surface area contributed by atoms with Crippen molar-refractivity contribution in [2.24, 2.45) is 0 Å². The lowest BCUT2D eigenvalue weighted by Gasteiger charge is -2.09. The molecule has 186 valence electrons. The van der Waals surface area contributed by atoms with Gasteiger partial charge in [0.15, 0.2) is 5.65 Å². The number of fused-ring (bicyclic) bond motifs is 2. The molecule has 11 heteroatoms. The molecule has 0 saturated carbocycles. The third-order valence-electron chi connectivity index (χ3n) is 6.31. The number of aromatic amines is 2. The summed E-state index contributed by atoms with van der Waals surface area (Å²) >= 11 is 0. The molecule has 6 rings (SSSR count). The summed E-state index contributed by atoms with van der Waals surface area (Å²) in [5.41, 5.74) is 6.19. The number of hydrogen-bond donors (Lipinski definition) is 2. The van der Waals surface area contributed by atoms with Gasteiger partial charge in [-0.1, -0.05) is 18.2 Å². The lowest BCUT2D eigenvalue weighted by molar-refractivity contribution is -0.141. The molecule has 2 aromatic carbocycles. The van der Waals surface area contributed by atoms with E-state index < -0.39 is 5.97 Å². The molecule has 38 heavy (non-hydrogen) atoms. The molecule has 0 bridgehead atoms. The number of esters is 1. The number of nitrogens with zero attached hydrogens (tertiary/aromatic N) is 6. The Morgan fingerprint density at radius 1 is 1.03 bits per heavy atom. The summed E-state index contributed by atoms with van der Waals surface area (Å²) in [5, 5.41) is 19.0. The molecule has 0 atom stereocenters. The second-order valence-electron chi connectivity index (χ2n) is 8.70. The normalized spacial score (nSPS) is 11.2. The van der Waals surface area contributed by atoms with Crippen molar-refractivity contribution >= 4 is 28.0 Å². The van der Waals surface area contributed by atoms with E-state index in [1.807, 2.05) is 41.1 Å². The molecule has 0 unspecified atom stereocenters. The average Bonchev–Trinajstić information content (AvgIpc) is 3.64. The third-order valence-corrected chi connectivity index (χ3v) is 6.31. The number of hydrogen-bond acceptors (Lipinski definition) is 7. The fourth-order valence-electron chi connectivity index (χ4n) is 4.45. The maximum absolute atomic E-state index is 12.1. The Balaban J connectivity index is 1.46. The molecule has 2 N–H and O–H groups in total. The molecule has 0 fully saturated rings. The van der Waals surface area contributed by atoms with Crippen LogP contribution in [0.15, 0.2) is 71.8 Å². The topological polar surface area (TPSA) is 147 Å². The van der Waals surface area contributed by atoms with Crippen molar-refractivity contribution in [3.8, 4) is 28.6 Å². The molecule has 4 heterocycles. The minimum atomic E-state index is -0.447. The van der Waals surface area contributed by atoms with E-state index in [9.17, 15) is 9.59 Å². The largest absolute Gasteiger partial charge is 0.468 e. The molecule has 11 nitrogen and oxygen atoms in total. The van der Waals surface area contributed by atoms with Gasteiger partial charge >= 0.3 is 11.7 Å². The zero-order valence-electron chi connectivity index (χ0n) is 20.2. The number of pyridine rings is 1. The predicted octanol–water partition coefficient (Wildman–Crippen LogP) is 3.22. The van der Waals surface area contributed by atoms with E-state index in [0.29, 0.717) is 34.5 Å². The van der Waals surface area contributed by atoms with E-state index in [0.717, 1.165) is 27.8 Å². The number of benzene rings is 2. The first-order chi connectivity index (χ1) is 18.5. The van der Waals surface area contributed by atoms with E-state index in [2.05, 4.69) is 26.1 Å².